The Balaban J connectivity index is 2.29. The van der Waals surface area contributed by atoms with Crippen molar-refractivity contribution in [3.8, 4) is 11.4 Å². The zero-order valence-electron chi connectivity index (χ0n) is 12.2. The molecule has 0 N–H and O–H groups in total. The molecule has 0 atom stereocenters. The maximum atomic E-state index is 11.8. The molecule has 0 fully saturated rings. The summed E-state index contributed by atoms with van der Waals surface area (Å²) in [4.78, 5) is 23.8. The highest BCUT2D eigenvalue weighted by Gasteiger charge is 2.13. The SMILES string of the molecule is CN(C)C(=O)CN(C)c1cc(Cl)nc(-c2ccccc2)n1. The fourth-order valence-corrected chi connectivity index (χ4v) is 1.92. The third-order valence-electron chi connectivity index (χ3n) is 2.98. The molecule has 0 aliphatic rings. The first-order valence-electron chi connectivity index (χ1n) is 6.48. The summed E-state index contributed by atoms with van der Waals surface area (Å²) in [6.45, 7) is 0.231. The van der Waals surface area contributed by atoms with Gasteiger partial charge in [0.15, 0.2) is 5.82 Å². The first-order valence-corrected chi connectivity index (χ1v) is 6.86. The molecule has 0 aliphatic carbocycles. The molecule has 6 heteroatoms. The van der Waals surface area contributed by atoms with Crippen LogP contribution in [0.3, 0.4) is 0 Å². The Labute approximate surface area is 129 Å². The van der Waals surface area contributed by atoms with Crippen LogP contribution in [0.5, 0.6) is 0 Å². The summed E-state index contributed by atoms with van der Waals surface area (Å²) in [6, 6.07) is 11.2. The molecule has 1 aromatic carbocycles. The van der Waals surface area contributed by atoms with Crippen LogP contribution in [0.25, 0.3) is 11.4 Å². The molecular weight excluding hydrogens is 288 g/mol. The van der Waals surface area contributed by atoms with E-state index in [4.69, 9.17) is 11.6 Å². The van der Waals surface area contributed by atoms with E-state index in [0.717, 1.165) is 5.56 Å². The van der Waals surface area contributed by atoms with Crippen molar-refractivity contribution >= 4 is 23.3 Å². The third kappa shape index (κ3) is 3.92. The molecule has 0 radical (unpaired) electrons. The number of anilines is 1. The average Bonchev–Trinajstić information content (AvgIpc) is 2.47. The molecule has 5 nitrogen and oxygen atoms in total. The molecule has 0 aliphatic heterocycles. The maximum absolute atomic E-state index is 11.8. The molecule has 2 rings (SSSR count). The van der Waals surface area contributed by atoms with Gasteiger partial charge in [-0.1, -0.05) is 41.9 Å². The van der Waals surface area contributed by atoms with Gasteiger partial charge in [-0.25, -0.2) is 9.97 Å². The summed E-state index contributed by atoms with van der Waals surface area (Å²) in [6.07, 6.45) is 0. The van der Waals surface area contributed by atoms with Crippen molar-refractivity contribution in [3.05, 3.63) is 41.6 Å². The van der Waals surface area contributed by atoms with Gasteiger partial charge in [0.1, 0.15) is 11.0 Å². The van der Waals surface area contributed by atoms with Crippen molar-refractivity contribution in [2.75, 3.05) is 32.6 Å². The van der Waals surface area contributed by atoms with Crippen molar-refractivity contribution in [3.63, 3.8) is 0 Å². The summed E-state index contributed by atoms with van der Waals surface area (Å²) in [7, 11) is 5.24. The Morgan fingerprint density at radius 1 is 1.14 bits per heavy atom. The van der Waals surface area contributed by atoms with E-state index in [2.05, 4.69) is 9.97 Å². The number of benzene rings is 1. The van der Waals surface area contributed by atoms with Crippen LogP contribution in [-0.4, -0.2) is 48.5 Å². The molecule has 0 bridgehead atoms. The Bertz CT molecular complexity index is 631. The van der Waals surface area contributed by atoms with Gasteiger partial charge in [0, 0.05) is 32.8 Å². The Hall–Kier alpha value is -2.14. The lowest BCUT2D eigenvalue weighted by atomic mass is 10.2. The van der Waals surface area contributed by atoms with E-state index >= 15 is 0 Å². The van der Waals surface area contributed by atoms with E-state index in [1.54, 1.807) is 32.1 Å². The maximum Gasteiger partial charge on any atom is 0.241 e. The second kappa shape index (κ2) is 6.54. The molecule has 2 aromatic rings. The Kier molecular flexibility index (Phi) is 4.75. The average molecular weight is 305 g/mol. The second-order valence-corrected chi connectivity index (χ2v) is 5.27. The van der Waals surface area contributed by atoms with Gasteiger partial charge in [-0.15, -0.1) is 0 Å². The standard InChI is InChI=1S/C15H17ClN4O/c1-19(2)14(21)10-20(3)13-9-12(16)17-15(18-13)11-7-5-4-6-8-11/h4-9H,10H2,1-3H3. The summed E-state index contributed by atoms with van der Waals surface area (Å²) < 4.78 is 0. The largest absolute Gasteiger partial charge is 0.350 e. The number of hydrogen-bond donors (Lipinski definition) is 0. The van der Waals surface area contributed by atoms with E-state index in [9.17, 15) is 4.79 Å². The molecule has 0 spiro atoms. The normalized spacial score (nSPS) is 10.3. The quantitative estimate of drug-likeness (QED) is 0.813. The predicted molar refractivity (Wildman–Crippen MR) is 84.4 cm³/mol. The minimum Gasteiger partial charge on any atom is -0.350 e. The first-order chi connectivity index (χ1) is 9.97. The molecule has 21 heavy (non-hydrogen) atoms. The van der Waals surface area contributed by atoms with Crippen LogP contribution in [0.1, 0.15) is 0 Å². The number of rotatable bonds is 4. The van der Waals surface area contributed by atoms with Crippen LogP contribution in [0.15, 0.2) is 36.4 Å². The minimum absolute atomic E-state index is 0.00602. The minimum atomic E-state index is -0.00602. The second-order valence-electron chi connectivity index (χ2n) is 4.88. The van der Waals surface area contributed by atoms with Crippen LogP contribution in [0.4, 0.5) is 5.82 Å². The van der Waals surface area contributed by atoms with Crippen LogP contribution in [-0.2, 0) is 4.79 Å². The van der Waals surface area contributed by atoms with E-state index in [-0.39, 0.29) is 12.5 Å². The van der Waals surface area contributed by atoms with Crippen LogP contribution in [0, 0.1) is 0 Å². The van der Waals surface area contributed by atoms with Gasteiger partial charge in [-0.3, -0.25) is 4.79 Å². The van der Waals surface area contributed by atoms with E-state index in [1.807, 2.05) is 30.3 Å². The predicted octanol–water partition coefficient (Wildman–Crippen LogP) is 2.32. The summed E-state index contributed by atoms with van der Waals surface area (Å²) >= 11 is 6.07. The van der Waals surface area contributed by atoms with E-state index in [0.29, 0.717) is 16.8 Å². The van der Waals surface area contributed by atoms with Gasteiger partial charge < -0.3 is 9.80 Å². The van der Waals surface area contributed by atoms with Gasteiger partial charge in [0.25, 0.3) is 0 Å². The zero-order valence-corrected chi connectivity index (χ0v) is 13.0. The van der Waals surface area contributed by atoms with Gasteiger partial charge in [0.05, 0.1) is 6.54 Å². The van der Waals surface area contributed by atoms with E-state index in [1.165, 1.54) is 4.90 Å². The number of carbonyl (C=O) groups is 1. The molecule has 0 unspecified atom stereocenters. The van der Waals surface area contributed by atoms with Crippen molar-refractivity contribution in [1.29, 1.82) is 0 Å². The fraction of sp³-hybridized carbons (Fsp3) is 0.267. The molecule has 1 heterocycles. The smallest absolute Gasteiger partial charge is 0.241 e. The number of hydrogen-bond acceptors (Lipinski definition) is 4. The number of likely N-dealkylation sites (N-methyl/N-ethyl adjacent to an activating group) is 2. The molecule has 1 aromatic heterocycles. The monoisotopic (exact) mass is 304 g/mol. The van der Waals surface area contributed by atoms with Gasteiger partial charge in [-0.2, -0.15) is 0 Å². The van der Waals surface area contributed by atoms with Crippen LogP contribution in [0.2, 0.25) is 5.15 Å². The summed E-state index contributed by atoms with van der Waals surface area (Å²) in [5.41, 5.74) is 0.883. The van der Waals surface area contributed by atoms with Gasteiger partial charge in [-0.05, 0) is 0 Å². The van der Waals surface area contributed by atoms with Crippen LogP contribution < -0.4 is 4.90 Å². The molecular formula is C15H17ClN4O. The highest BCUT2D eigenvalue weighted by molar-refractivity contribution is 6.29. The number of amides is 1. The molecule has 1 amide bonds. The molecule has 0 saturated heterocycles. The van der Waals surface area contributed by atoms with Crippen molar-refractivity contribution in [2.45, 2.75) is 0 Å². The van der Waals surface area contributed by atoms with Gasteiger partial charge >= 0.3 is 0 Å². The highest BCUT2D eigenvalue weighted by atomic mass is 35.5. The van der Waals surface area contributed by atoms with Crippen molar-refractivity contribution in [2.24, 2.45) is 0 Å². The lowest BCUT2D eigenvalue weighted by Gasteiger charge is -2.20. The third-order valence-corrected chi connectivity index (χ3v) is 3.17. The van der Waals surface area contributed by atoms with E-state index < -0.39 is 0 Å². The molecule has 0 saturated carbocycles. The number of nitrogens with zero attached hydrogens (tertiary/aromatic N) is 4. The molecule has 110 valence electrons. The van der Waals surface area contributed by atoms with Crippen molar-refractivity contribution in [1.82, 2.24) is 14.9 Å². The van der Waals surface area contributed by atoms with Gasteiger partial charge in [0.2, 0.25) is 5.91 Å². The first kappa shape index (κ1) is 15.3. The summed E-state index contributed by atoms with van der Waals surface area (Å²) in [5.74, 6) is 1.15. The number of aromatic nitrogens is 2. The van der Waals surface area contributed by atoms with Crippen LogP contribution >= 0.6 is 11.6 Å². The highest BCUT2D eigenvalue weighted by Crippen LogP contribution is 2.21. The summed E-state index contributed by atoms with van der Waals surface area (Å²) in [5, 5.41) is 0.350. The lowest BCUT2D eigenvalue weighted by molar-refractivity contribution is -0.127. The fourth-order valence-electron chi connectivity index (χ4n) is 1.74. The Morgan fingerprint density at radius 3 is 2.43 bits per heavy atom. The topological polar surface area (TPSA) is 49.3 Å². The number of carbonyl (C=O) groups excluding carboxylic acids is 1. The zero-order chi connectivity index (χ0) is 15.4. The number of halogens is 1. The Morgan fingerprint density at radius 2 is 1.81 bits per heavy atom. The lowest BCUT2D eigenvalue weighted by Crippen LogP contribution is -2.34. The van der Waals surface area contributed by atoms with Crippen molar-refractivity contribution < 1.29 is 4.79 Å².